The number of benzene rings is 3. The average Bonchev–Trinajstić information content (AvgIpc) is 2.95. The van der Waals surface area contributed by atoms with E-state index in [0.717, 1.165) is 27.4 Å². The van der Waals surface area contributed by atoms with Crippen LogP contribution in [-0.2, 0) is 15.4 Å². The highest BCUT2D eigenvalue weighted by Crippen LogP contribution is 2.35. The molecule has 0 unspecified atom stereocenters. The van der Waals surface area contributed by atoms with Gasteiger partial charge < -0.3 is 0 Å². The highest BCUT2D eigenvalue weighted by Gasteiger charge is 2.24. The van der Waals surface area contributed by atoms with E-state index in [1.807, 2.05) is 31.2 Å². The van der Waals surface area contributed by atoms with Crippen molar-refractivity contribution >= 4 is 31.8 Å². The van der Waals surface area contributed by atoms with Crippen LogP contribution in [0.2, 0.25) is 0 Å². The molecule has 0 saturated carbocycles. The molecule has 0 spiro atoms. The van der Waals surface area contributed by atoms with Crippen LogP contribution in [0.3, 0.4) is 0 Å². The van der Waals surface area contributed by atoms with E-state index in [2.05, 4.69) is 39.0 Å². The van der Waals surface area contributed by atoms with Gasteiger partial charge in [0.25, 0.3) is 10.0 Å². The van der Waals surface area contributed by atoms with E-state index in [1.165, 1.54) is 3.97 Å². The molecule has 4 rings (SSSR count). The van der Waals surface area contributed by atoms with Crippen molar-refractivity contribution in [2.45, 2.75) is 38.0 Å². The summed E-state index contributed by atoms with van der Waals surface area (Å²) >= 11 is 0. The topological polar surface area (TPSA) is 39.1 Å². The molecule has 1 aromatic heterocycles. The minimum Gasteiger partial charge on any atom is -0.233 e. The van der Waals surface area contributed by atoms with E-state index < -0.39 is 10.0 Å². The van der Waals surface area contributed by atoms with Crippen LogP contribution in [0.1, 0.15) is 31.9 Å². The summed E-state index contributed by atoms with van der Waals surface area (Å²) < 4.78 is 28.6. The van der Waals surface area contributed by atoms with Gasteiger partial charge in [-0.25, -0.2) is 12.4 Å². The zero-order valence-corrected chi connectivity index (χ0v) is 16.8. The zero-order chi connectivity index (χ0) is 19.4. The number of hydrogen-bond donors (Lipinski definition) is 0. The number of nitrogens with zero attached hydrogens (tertiary/aromatic N) is 1. The lowest BCUT2D eigenvalue weighted by Gasteiger charge is -2.19. The summed E-state index contributed by atoms with van der Waals surface area (Å²) in [5.74, 6) is 0. The van der Waals surface area contributed by atoms with Crippen LogP contribution in [0.15, 0.2) is 71.6 Å². The molecule has 3 aromatic carbocycles. The Bertz CT molecular complexity index is 1260. The molecule has 0 bridgehead atoms. The third kappa shape index (κ3) is 2.85. The van der Waals surface area contributed by atoms with Gasteiger partial charge in [-0.3, -0.25) is 0 Å². The summed E-state index contributed by atoms with van der Waals surface area (Å²) in [6.07, 6.45) is 0. The Labute approximate surface area is 160 Å². The number of aryl methyl sites for hydroxylation is 1. The molecule has 0 fully saturated rings. The third-order valence-electron chi connectivity index (χ3n) is 5.03. The number of rotatable bonds is 2. The van der Waals surface area contributed by atoms with Crippen LogP contribution in [0, 0.1) is 6.92 Å². The first-order valence-electron chi connectivity index (χ1n) is 9.05. The van der Waals surface area contributed by atoms with Crippen molar-refractivity contribution in [1.82, 2.24) is 3.97 Å². The molecular formula is C23H23NO2S. The zero-order valence-electron chi connectivity index (χ0n) is 16.0. The smallest absolute Gasteiger partial charge is 0.233 e. The van der Waals surface area contributed by atoms with Crippen LogP contribution in [0.4, 0.5) is 0 Å². The van der Waals surface area contributed by atoms with Gasteiger partial charge in [0.05, 0.1) is 15.9 Å². The molecule has 4 heteroatoms. The Morgan fingerprint density at radius 2 is 1.48 bits per heavy atom. The lowest BCUT2D eigenvalue weighted by atomic mass is 9.86. The minimum atomic E-state index is -3.71. The van der Waals surface area contributed by atoms with Gasteiger partial charge >= 0.3 is 0 Å². The van der Waals surface area contributed by atoms with Crippen LogP contribution in [-0.4, -0.2) is 12.4 Å². The predicted octanol–water partition coefficient (Wildman–Crippen LogP) is 5.64. The van der Waals surface area contributed by atoms with E-state index in [1.54, 1.807) is 24.3 Å². The van der Waals surface area contributed by atoms with E-state index in [0.29, 0.717) is 10.4 Å². The lowest BCUT2D eigenvalue weighted by Crippen LogP contribution is -2.14. The number of fused-ring (bicyclic) bond motifs is 3. The fraction of sp³-hybridized carbons (Fsp3) is 0.217. The monoisotopic (exact) mass is 377 g/mol. The summed E-state index contributed by atoms with van der Waals surface area (Å²) in [6, 6.07) is 20.7. The van der Waals surface area contributed by atoms with Gasteiger partial charge in [-0.05, 0) is 48.2 Å². The highest BCUT2D eigenvalue weighted by molar-refractivity contribution is 7.90. The molecule has 1 heterocycles. The highest BCUT2D eigenvalue weighted by atomic mass is 32.2. The average molecular weight is 378 g/mol. The predicted molar refractivity (Wildman–Crippen MR) is 112 cm³/mol. The molecule has 0 aliphatic heterocycles. The first kappa shape index (κ1) is 17.8. The van der Waals surface area contributed by atoms with E-state index >= 15 is 0 Å². The van der Waals surface area contributed by atoms with Crippen LogP contribution < -0.4 is 0 Å². The second kappa shape index (κ2) is 5.96. The van der Waals surface area contributed by atoms with Gasteiger partial charge in [0.1, 0.15) is 0 Å². The van der Waals surface area contributed by atoms with Crippen LogP contribution in [0.5, 0.6) is 0 Å². The van der Waals surface area contributed by atoms with Gasteiger partial charge in [-0.2, -0.15) is 0 Å². The molecule has 0 N–H and O–H groups in total. The molecule has 0 atom stereocenters. The van der Waals surface area contributed by atoms with Crippen molar-refractivity contribution in [2.75, 3.05) is 0 Å². The van der Waals surface area contributed by atoms with Gasteiger partial charge in [-0.15, -0.1) is 0 Å². The molecule has 0 aliphatic rings. The molecule has 0 saturated heterocycles. The first-order chi connectivity index (χ1) is 12.7. The van der Waals surface area contributed by atoms with Crippen molar-refractivity contribution < 1.29 is 8.42 Å². The molecule has 0 aliphatic carbocycles. The largest absolute Gasteiger partial charge is 0.268 e. The number of aromatic nitrogens is 1. The molecule has 0 radical (unpaired) electrons. The van der Waals surface area contributed by atoms with Gasteiger partial charge in [0, 0.05) is 10.8 Å². The Morgan fingerprint density at radius 1 is 0.778 bits per heavy atom. The Kier molecular flexibility index (Phi) is 3.93. The third-order valence-corrected chi connectivity index (χ3v) is 6.77. The van der Waals surface area contributed by atoms with Crippen molar-refractivity contribution in [3.05, 3.63) is 77.9 Å². The van der Waals surface area contributed by atoms with Crippen molar-refractivity contribution in [2.24, 2.45) is 0 Å². The second-order valence-corrected chi connectivity index (χ2v) is 9.87. The van der Waals surface area contributed by atoms with E-state index in [4.69, 9.17) is 0 Å². The maximum absolute atomic E-state index is 13.5. The maximum atomic E-state index is 13.5. The SMILES string of the molecule is Cc1ccc2c(c1)c1ccc(C(C)(C)C)cc1n2S(=O)(=O)c1ccccc1. The van der Waals surface area contributed by atoms with Gasteiger partial charge in [-0.1, -0.05) is 62.7 Å². The maximum Gasteiger partial charge on any atom is 0.268 e. The first-order valence-corrected chi connectivity index (χ1v) is 10.5. The minimum absolute atomic E-state index is 0.0676. The normalized spacial score (nSPS) is 12.7. The molecule has 0 amide bonds. The fourth-order valence-electron chi connectivity index (χ4n) is 3.52. The molecule has 27 heavy (non-hydrogen) atoms. The molecule has 4 aromatic rings. The fourth-order valence-corrected chi connectivity index (χ4v) is 5.06. The van der Waals surface area contributed by atoms with Crippen molar-refractivity contribution in [1.29, 1.82) is 0 Å². The second-order valence-electron chi connectivity index (χ2n) is 8.09. The summed E-state index contributed by atoms with van der Waals surface area (Å²) in [7, 11) is -3.71. The quantitative estimate of drug-likeness (QED) is 0.454. The lowest BCUT2D eigenvalue weighted by molar-refractivity contribution is 0.587. The summed E-state index contributed by atoms with van der Waals surface area (Å²) in [6.45, 7) is 8.43. The Hall–Kier alpha value is -2.59. The van der Waals surface area contributed by atoms with E-state index in [9.17, 15) is 8.42 Å². The Balaban J connectivity index is 2.17. The Morgan fingerprint density at radius 3 is 2.15 bits per heavy atom. The van der Waals surface area contributed by atoms with E-state index in [-0.39, 0.29) is 5.41 Å². The van der Waals surface area contributed by atoms with Gasteiger partial charge in [0.2, 0.25) is 0 Å². The summed E-state index contributed by atoms with van der Waals surface area (Å²) in [4.78, 5) is 0.297. The molecule has 138 valence electrons. The summed E-state index contributed by atoms with van der Waals surface area (Å²) in [5.41, 5.74) is 3.59. The standard InChI is InChI=1S/C23H23NO2S/c1-16-10-13-21-20(14-16)19-12-11-17(23(2,3)4)15-22(19)24(21)27(25,26)18-8-6-5-7-9-18/h5-15H,1-4H3. The van der Waals surface area contributed by atoms with Crippen molar-refractivity contribution in [3.8, 4) is 0 Å². The molecular weight excluding hydrogens is 354 g/mol. The van der Waals surface area contributed by atoms with Crippen LogP contribution in [0.25, 0.3) is 21.8 Å². The van der Waals surface area contributed by atoms with Gasteiger partial charge in [0.15, 0.2) is 0 Å². The number of hydrogen-bond acceptors (Lipinski definition) is 2. The summed E-state index contributed by atoms with van der Waals surface area (Å²) in [5, 5.41) is 1.92. The van der Waals surface area contributed by atoms with Crippen LogP contribution >= 0.6 is 0 Å². The molecule has 3 nitrogen and oxygen atoms in total. The van der Waals surface area contributed by atoms with Crippen molar-refractivity contribution in [3.63, 3.8) is 0 Å².